The normalized spacial score (nSPS) is 20.7. The van der Waals surface area contributed by atoms with E-state index >= 15 is 0 Å². The first-order valence-corrected chi connectivity index (χ1v) is 8.49. The van der Waals surface area contributed by atoms with Gasteiger partial charge >= 0.3 is 17.6 Å². The lowest BCUT2D eigenvalue weighted by atomic mass is 9.87. The predicted molar refractivity (Wildman–Crippen MR) is 96.4 cm³/mol. The standard InChI is InChI=1S/C20H20O7/c1-5-6-14(22)26-19-18(24-11(2)21)16-13(27-20(19,3)4)9-7-12-8-10-15(23)25-17(12)16/h5-10,18-19H,1-4H3/t18-,19+/m0/s1. The van der Waals surface area contributed by atoms with Gasteiger partial charge in [0.05, 0.1) is 5.56 Å². The maximum absolute atomic E-state index is 12.1. The zero-order valence-electron chi connectivity index (χ0n) is 15.5. The van der Waals surface area contributed by atoms with Crippen molar-refractivity contribution in [2.75, 3.05) is 0 Å². The van der Waals surface area contributed by atoms with Gasteiger partial charge < -0.3 is 18.6 Å². The molecule has 0 bridgehead atoms. The molecule has 0 aliphatic carbocycles. The van der Waals surface area contributed by atoms with Crippen molar-refractivity contribution in [3.8, 4) is 5.75 Å². The van der Waals surface area contributed by atoms with E-state index in [1.807, 2.05) is 0 Å². The smallest absolute Gasteiger partial charge is 0.336 e. The fraction of sp³-hybridized carbons (Fsp3) is 0.350. The largest absolute Gasteiger partial charge is 0.483 e. The van der Waals surface area contributed by atoms with Crippen LogP contribution in [-0.4, -0.2) is 23.6 Å². The molecule has 1 aliphatic rings. The van der Waals surface area contributed by atoms with Gasteiger partial charge in [-0.15, -0.1) is 0 Å². The molecule has 0 fully saturated rings. The third-order valence-electron chi connectivity index (χ3n) is 4.24. The molecule has 0 unspecified atom stereocenters. The number of carbonyl (C=O) groups is 2. The van der Waals surface area contributed by atoms with E-state index < -0.39 is 35.4 Å². The van der Waals surface area contributed by atoms with Crippen LogP contribution in [0.2, 0.25) is 0 Å². The van der Waals surface area contributed by atoms with Gasteiger partial charge in [0.1, 0.15) is 16.9 Å². The van der Waals surface area contributed by atoms with Crippen molar-refractivity contribution in [3.63, 3.8) is 0 Å². The Hall–Kier alpha value is -3.09. The quantitative estimate of drug-likeness (QED) is 0.464. The number of benzene rings is 1. The highest BCUT2D eigenvalue weighted by atomic mass is 16.6. The molecule has 7 nitrogen and oxygen atoms in total. The minimum Gasteiger partial charge on any atom is -0.483 e. The maximum Gasteiger partial charge on any atom is 0.336 e. The SMILES string of the molecule is CC=CC(=O)O[C@@H]1[C@@H](OC(C)=O)c2c(ccc3ccc(=O)oc23)OC1(C)C. The Morgan fingerprint density at radius 2 is 1.85 bits per heavy atom. The average Bonchev–Trinajstić information content (AvgIpc) is 2.56. The number of fused-ring (bicyclic) bond motifs is 3. The lowest BCUT2D eigenvalue weighted by Crippen LogP contribution is -2.52. The maximum atomic E-state index is 12.1. The van der Waals surface area contributed by atoms with Crippen molar-refractivity contribution in [2.24, 2.45) is 0 Å². The van der Waals surface area contributed by atoms with Gasteiger partial charge in [0.15, 0.2) is 12.2 Å². The van der Waals surface area contributed by atoms with E-state index in [2.05, 4.69) is 0 Å². The lowest BCUT2D eigenvalue weighted by molar-refractivity contribution is -0.185. The topological polar surface area (TPSA) is 92.0 Å². The molecule has 0 amide bonds. The van der Waals surface area contributed by atoms with Gasteiger partial charge in [0.25, 0.3) is 0 Å². The first kappa shape index (κ1) is 18.7. The fourth-order valence-electron chi connectivity index (χ4n) is 3.16. The van der Waals surface area contributed by atoms with Crippen LogP contribution in [0.1, 0.15) is 39.4 Å². The van der Waals surface area contributed by atoms with E-state index in [9.17, 15) is 14.4 Å². The monoisotopic (exact) mass is 372 g/mol. The van der Waals surface area contributed by atoms with E-state index in [1.54, 1.807) is 45.0 Å². The van der Waals surface area contributed by atoms with Crippen LogP contribution in [0.25, 0.3) is 11.0 Å². The molecule has 142 valence electrons. The second-order valence-corrected chi connectivity index (χ2v) is 6.74. The molecule has 27 heavy (non-hydrogen) atoms. The molecule has 0 N–H and O–H groups in total. The van der Waals surface area contributed by atoms with Gasteiger partial charge in [-0.3, -0.25) is 4.79 Å². The van der Waals surface area contributed by atoms with Gasteiger partial charge in [0, 0.05) is 24.5 Å². The molecule has 2 atom stereocenters. The number of carbonyl (C=O) groups excluding carboxylic acids is 2. The Morgan fingerprint density at radius 1 is 1.15 bits per heavy atom. The van der Waals surface area contributed by atoms with Crippen LogP contribution in [0.4, 0.5) is 0 Å². The molecular weight excluding hydrogens is 352 g/mol. The Labute approximate surface area is 155 Å². The molecule has 0 saturated heterocycles. The van der Waals surface area contributed by atoms with Crippen molar-refractivity contribution in [1.82, 2.24) is 0 Å². The van der Waals surface area contributed by atoms with Crippen molar-refractivity contribution < 1.29 is 28.2 Å². The minimum absolute atomic E-state index is 0.230. The lowest BCUT2D eigenvalue weighted by Gasteiger charge is -2.43. The Balaban J connectivity index is 2.22. The van der Waals surface area contributed by atoms with Crippen molar-refractivity contribution in [2.45, 2.75) is 45.5 Å². The number of esters is 2. The molecule has 0 radical (unpaired) electrons. The van der Waals surface area contributed by atoms with Gasteiger partial charge in [-0.05, 0) is 39.0 Å². The summed E-state index contributed by atoms with van der Waals surface area (Å²) in [7, 11) is 0. The van der Waals surface area contributed by atoms with Crippen molar-refractivity contribution in [1.29, 1.82) is 0 Å². The molecule has 1 aromatic heterocycles. The second kappa shape index (κ2) is 6.90. The van der Waals surface area contributed by atoms with E-state index in [4.69, 9.17) is 18.6 Å². The summed E-state index contributed by atoms with van der Waals surface area (Å²) in [6, 6.07) is 6.35. The van der Waals surface area contributed by atoms with E-state index in [0.29, 0.717) is 16.7 Å². The van der Waals surface area contributed by atoms with Crippen LogP contribution in [-0.2, 0) is 19.1 Å². The van der Waals surface area contributed by atoms with Crippen LogP contribution in [0.3, 0.4) is 0 Å². The molecule has 2 aromatic rings. The summed E-state index contributed by atoms with van der Waals surface area (Å²) < 4.78 is 22.4. The zero-order chi connectivity index (χ0) is 19.8. The van der Waals surface area contributed by atoms with Crippen molar-refractivity contribution in [3.05, 3.63) is 52.4 Å². The van der Waals surface area contributed by atoms with Crippen LogP contribution < -0.4 is 10.4 Å². The Bertz CT molecular complexity index is 983. The number of ether oxygens (including phenoxy) is 3. The molecule has 1 aliphatic heterocycles. The summed E-state index contributed by atoms with van der Waals surface area (Å²) in [6.07, 6.45) is 0.862. The van der Waals surface area contributed by atoms with Crippen LogP contribution in [0.15, 0.2) is 45.6 Å². The van der Waals surface area contributed by atoms with E-state index in [-0.39, 0.29) is 5.58 Å². The third-order valence-corrected chi connectivity index (χ3v) is 4.24. The molecular formula is C20H20O7. The van der Waals surface area contributed by atoms with Crippen LogP contribution in [0.5, 0.6) is 5.75 Å². The number of hydrogen-bond donors (Lipinski definition) is 0. The van der Waals surface area contributed by atoms with E-state index in [1.165, 1.54) is 19.1 Å². The molecule has 7 heteroatoms. The predicted octanol–water partition coefficient (Wildman–Crippen LogP) is 3.06. The highest BCUT2D eigenvalue weighted by Gasteiger charge is 2.49. The molecule has 0 spiro atoms. The summed E-state index contributed by atoms with van der Waals surface area (Å²) >= 11 is 0. The summed E-state index contributed by atoms with van der Waals surface area (Å²) in [5, 5.41) is 0.632. The summed E-state index contributed by atoms with van der Waals surface area (Å²) in [6.45, 7) is 6.40. The molecule has 3 rings (SSSR count). The van der Waals surface area contributed by atoms with E-state index in [0.717, 1.165) is 0 Å². The molecule has 2 heterocycles. The molecule has 1 aromatic carbocycles. The fourth-order valence-corrected chi connectivity index (χ4v) is 3.16. The average molecular weight is 372 g/mol. The van der Waals surface area contributed by atoms with Gasteiger partial charge in [-0.1, -0.05) is 6.08 Å². The Kier molecular flexibility index (Phi) is 4.78. The minimum atomic E-state index is -0.996. The van der Waals surface area contributed by atoms with Gasteiger partial charge in [0.2, 0.25) is 0 Å². The Morgan fingerprint density at radius 3 is 2.52 bits per heavy atom. The second-order valence-electron chi connectivity index (χ2n) is 6.74. The number of hydrogen-bond acceptors (Lipinski definition) is 7. The number of allylic oxidation sites excluding steroid dienone is 1. The third kappa shape index (κ3) is 3.58. The first-order chi connectivity index (χ1) is 12.7. The van der Waals surface area contributed by atoms with Gasteiger partial charge in [-0.25, -0.2) is 9.59 Å². The highest BCUT2D eigenvalue weighted by Crippen LogP contribution is 2.46. The van der Waals surface area contributed by atoms with Crippen LogP contribution >= 0.6 is 0 Å². The summed E-state index contributed by atoms with van der Waals surface area (Å²) in [5.74, 6) is -0.765. The highest BCUT2D eigenvalue weighted by molar-refractivity contribution is 5.84. The summed E-state index contributed by atoms with van der Waals surface area (Å²) in [4.78, 5) is 35.6. The van der Waals surface area contributed by atoms with Crippen LogP contribution in [0, 0.1) is 0 Å². The number of rotatable bonds is 3. The molecule has 0 saturated carbocycles. The van der Waals surface area contributed by atoms with Gasteiger partial charge in [-0.2, -0.15) is 0 Å². The zero-order valence-corrected chi connectivity index (χ0v) is 15.5. The van der Waals surface area contributed by atoms with Crippen molar-refractivity contribution >= 4 is 22.9 Å². The summed E-state index contributed by atoms with van der Waals surface area (Å²) in [5.41, 5.74) is -0.954. The first-order valence-electron chi connectivity index (χ1n) is 8.49.